The predicted molar refractivity (Wildman–Crippen MR) is 76.1 cm³/mol. The van der Waals surface area contributed by atoms with Crippen molar-refractivity contribution >= 4 is 11.3 Å². The average Bonchev–Trinajstić information content (AvgIpc) is 3.09. The van der Waals surface area contributed by atoms with Crippen LogP contribution < -0.4 is 0 Å². The minimum Gasteiger partial charge on any atom is -0.265 e. The topological polar surface area (TPSA) is 43.6 Å². The Labute approximate surface area is 115 Å². The van der Waals surface area contributed by atoms with Crippen LogP contribution in [-0.4, -0.2) is 19.7 Å². The van der Waals surface area contributed by atoms with E-state index in [0.29, 0.717) is 6.54 Å². The summed E-state index contributed by atoms with van der Waals surface area (Å²) in [6.07, 6.45) is 6.40. The Balaban J connectivity index is 1.88. The first-order valence-electron chi connectivity index (χ1n) is 6.22. The zero-order valence-electron chi connectivity index (χ0n) is 10.7. The van der Waals surface area contributed by atoms with E-state index in [4.69, 9.17) is 0 Å². The van der Waals surface area contributed by atoms with Crippen molar-refractivity contribution in [3.8, 4) is 11.3 Å². The van der Waals surface area contributed by atoms with Crippen LogP contribution in [0.4, 0.5) is 0 Å². The third-order valence-corrected chi connectivity index (χ3v) is 3.95. The largest absolute Gasteiger partial charge is 0.265 e. The summed E-state index contributed by atoms with van der Waals surface area (Å²) in [6, 6.07) is 6.00. The predicted octanol–water partition coefficient (Wildman–Crippen LogP) is 3.01. The van der Waals surface area contributed by atoms with Crippen LogP contribution >= 0.6 is 11.3 Å². The number of aromatic nitrogens is 4. The molecule has 0 aliphatic carbocycles. The van der Waals surface area contributed by atoms with Gasteiger partial charge in [-0.25, -0.2) is 4.98 Å². The van der Waals surface area contributed by atoms with Gasteiger partial charge in [0.25, 0.3) is 0 Å². The Morgan fingerprint density at radius 3 is 2.74 bits per heavy atom. The number of rotatable bonds is 4. The molecule has 0 unspecified atom stereocenters. The van der Waals surface area contributed by atoms with Gasteiger partial charge in [0.1, 0.15) is 0 Å². The van der Waals surface area contributed by atoms with E-state index in [1.54, 1.807) is 23.7 Å². The Morgan fingerprint density at radius 1 is 1.16 bits per heavy atom. The normalized spacial score (nSPS) is 10.8. The summed E-state index contributed by atoms with van der Waals surface area (Å²) in [6.45, 7) is 2.83. The van der Waals surface area contributed by atoms with Gasteiger partial charge >= 0.3 is 0 Å². The quantitative estimate of drug-likeness (QED) is 0.732. The molecule has 0 saturated carbocycles. The van der Waals surface area contributed by atoms with Gasteiger partial charge in [-0.05, 0) is 24.6 Å². The zero-order chi connectivity index (χ0) is 13.1. The van der Waals surface area contributed by atoms with E-state index in [1.807, 2.05) is 29.1 Å². The fourth-order valence-electron chi connectivity index (χ4n) is 1.96. The van der Waals surface area contributed by atoms with E-state index in [-0.39, 0.29) is 0 Å². The summed E-state index contributed by atoms with van der Waals surface area (Å²) in [5.74, 6) is 0. The summed E-state index contributed by atoms with van der Waals surface area (Å²) in [4.78, 5) is 8.63. The molecule has 3 aromatic rings. The number of thiazole rings is 1. The van der Waals surface area contributed by atoms with E-state index >= 15 is 0 Å². The van der Waals surface area contributed by atoms with Gasteiger partial charge in [-0.2, -0.15) is 5.10 Å². The molecule has 0 radical (unpaired) electrons. The van der Waals surface area contributed by atoms with E-state index in [1.165, 1.54) is 5.01 Å². The monoisotopic (exact) mass is 270 g/mol. The first-order chi connectivity index (χ1) is 9.36. The molecule has 0 aliphatic heterocycles. The molecule has 0 saturated heterocycles. The third-order valence-electron chi connectivity index (χ3n) is 2.91. The van der Waals surface area contributed by atoms with Crippen molar-refractivity contribution in [1.82, 2.24) is 19.7 Å². The maximum absolute atomic E-state index is 4.58. The fraction of sp³-hybridized carbons (Fsp3) is 0.214. The van der Waals surface area contributed by atoms with Crippen LogP contribution in [0.3, 0.4) is 0 Å². The van der Waals surface area contributed by atoms with Gasteiger partial charge in [-0.1, -0.05) is 6.92 Å². The molecular formula is C14H14N4S. The van der Waals surface area contributed by atoms with Gasteiger partial charge in [0.05, 0.1) is 22.9 Å². The minimum absolute atomic E-state index is 0.709. The SMILES string of the molecule is CCc1nc(Cn2nccc2-c2ccncc2)cs1. The van der Waals surface area contributed by atoms with Crippen molar-refractivity contribution < 1.29 is 0 Å². The summed E-state index contributed by atoms with van der Waals surface area (Å²) in [7, 11) is 0. The lowest BCUT2D eigenvalue weighted by atomic mass is 10.2. The van der Waals surface area contributed by atoms with Crippen LogP contribution in [0.15, 0.2) is 42.2 Å². The number of aryl methyl sites for hydroxylation is 1. The molecule has 5 heteroatoms. The number of nitrogens with zero attached hydrogens (tertiary/aromatic N) is 4. The van der Waals surface area contributed by atoms with Gasteiger partial charge in [-0.15, -0.1) is 11.3 Å². The van der Waals surface area contributed by atoms with E-state index in [0.717, 1.165) is 23.4 Å². The molecule has 96 valence electrons. The van der Waals surface area contributed by atoms with Crippen molar-refractivity contribution in [1.29, 1.82) is 0 Å². The molecule has 0 spiro atoms. The van der Waals surface area contributed by atoms with E-state index in [2.05, 4.69) is 27.4 Å². The highest BCUT2D eigenvalue weighted by Gasteiger charge is 2.07. The van der Waals surface area contributed by atoms with E-state index < -0.39 is 0 Å². The molecule has 0 atom stereocenters. The van der Waals surface area contributed by atoms with Crippen LogP contribution in [0.1, 0.15) is 17.6 Å². The maximum atomic E-state index is 4.58. The second-order valence-corrected chi connectivity index (χ2v) is 5.14. The van der Waals surface area contributed by atoms with Gasteiger partial charge in [0.2, 0.25) is 0 Å². The van der Waals surface area contributed by atoms with Crippen molar-refractivity contribution in [3.63, 3.8) is 0 Å². The van der Waals surface area contributed by atoms with Crippen LogP contribution in [0, 0.1) is 0 Å². The van der Waals surface area contributed by atoms with Crippen LogP contribution in [0.2, 0.25) is 0 Å². The lowest BCUT2D eigenvalue weighted by Crippen LogP contribution is -2.04. The molecular weight excluding hydrogens is 256 g/mol. The molecule has 19 heavy (non-hydrogen) atoms. The lowest BCUT2D eigenvalue weighted by Gasteiger charge is -2.05. The highest BCUT2D eigenvalue weighted by Crippen LogP contribution is 2.19. The first kappa shape index (κ1) is 12.0. The summed E-state index contributed by atoms with van der Waals surface area (Å²) >= 11 is 1.71. The van der Waals surface area contributed by atoms with Crippen molar-refractivity contribution in [2.45, 2.75) is 19.9 Å². The van der Waals surface area contributed by atoms with Gasteiger partial charge in [0, 0.05) is 29.5 Å². The molecule has 3 heterocycles. The molecule has 4 nitrogen and oxygen atoms in total. The Morgan fingerprint density at radius 2 is 2.00 bits per heavy atom. The highest BCUT2D eigenvalue weighted by molar-refractivity contribution is 7.09. The van der Waals surface area contributed by atoms with Crippen molar-refractivity contribution in [2.75, 3.05) is 0 Å². The molecule has 0 aromatic carbocycles. The summed E-state index contributed by atoms with van der Waals surface area (Å²) in [5.41, 5.74) is 3.28. The smallest absolute Gasteiger partial charge is 0.0926 e. The summed E-state index contributed by atoms with van der Waals surface area (Å²) < 4.78 is 1.98. The van der Waals surface area contributed by atoms with Crippen LogP contribution in [0.25, 0.3) is 11.3 Å². The standard InChI is InChI=1S/C14H14N4S/c1-2-14-17-12(10-19-14)9-18-13(5-8-16-18)11-3-6-15-7-4-11/h3-8,10H,2,9H2,1H3. The van der Waals surface area contributed by atoms with E-state index in [9.17, 15) is 0 Å². The fourth-order valence-corrected chi connectivity index (χ4v) is 2.70. The maximum Gasteiger partial charge on any atom is 0.0926 e. The molecule has 0 bridgehead atoms. The molecule has 3 aromatic heterocycles. The highest BCUT2D eigenvalue weighted by atomic mass is 32.1. The Bertz CT molecular complexity index is 657. The molecule has 0 fully saturated rings. The van der Waals surface area contributed by atoms with Gasteiger partial charge in [0.15, 0.2) is 0 Å². The molecule has 0 N–H and O–H groups in total. The summed E-state index contributed by atoms with van der Waals surface area (Å²) in [5, 5.41) is 7.67. The number of hydrogen-bond donors (Lipinski definition) is 0. The minimum atomic E-state index is 0.709. The third kappa shape index (κ3) is 2.56. The Kier molecular flexibility index (Phi) is 3.37. The molecule has 3 rings (SSSR count). The van der Waals surface area contributed by atoms with Gasteiger partial charge in [-0.3, -0.25) is 9.67 Å². The molecule has 0 amide bonds. The van der Waals surface area contributed by atoms with Crippen LogP contribution in [0.5, 0.6) is 0 Å². The number of hydrogen-bond acceptors (Lipinski definition) is 4. The number of pyridine rings is 1. The Hall–Kier alpha value is -2.01. The second kappa shape index (κ2) is 5.32. The van der Waals surface area contributed by atoms with Gasteiger partial charge < -0.3 is 0 Å². The van der Waals surface area contributed by atoms with Crippen molar-refractivity contribution in [3.05, 3.63) is 52.9 Å². The average molecular weight is 270 g/mol. The first-order valence-corrected chi connectivity index (χ1v) is 7.10. The van der Waals surface area contributed by atoms with Crippen LogP contribution in [-0.2, 0) is 13.0 Å². The second-order valence-electron chi connectivity index (χ2n) is 4.20. The zero-order valence-corrected chi connectivity index (χ0v) is 11.5. The van der Waals surface area contributed by atoms with Crippen molar-refractivity contribution in [2.24, 2.45) is 0 Å². The molecule has 0 aliphatic rings. The lowest BCUT2D eigenvalue weighted by molar-refractivity contribution is 0.681.